The third-order valence-electron chi connectivity index (χ3n) is 5.67. The molecule has 0 atom stereocenters. The molecule has 2 heterocycles. The lowest BCUT2D eigenvalue weighted by molar-refractivity contribution is -0.138. The summed E-state index contributed by atoms with van der Waals surface area (Å²) in [6.07, 6.45) is 2.09. The van der Waals surface area contributed by atoms with Crippen LogP contribution in [0.1, 0.15) is 52.5 Å². The quantitative estimate of drug-likeness (QED) is 0.256. The van der Waals surface area contributed by atoms with E-state index in [1.807, 2.05) is 45.9 Å². The van der Waals surface area contributed by atoms with Crippen molar-refractivity contribution in [1.82, 2.24) is 0 Å². The van der Waals surface area contributed by atoms with Crippen molar-refractivity contribution in [3.8, 4) is 5.75 Å². The zero-order valence-electron chi connectivity index (χ0n) is 20.7. The number of thiocarbonyl (C=S) groups is 1. The van der Waals surface area contributed by atoms with Crippen molar-refractivity contribution in [1.29, 1.82) is 0 Å². The number of unbranched alkanes of at least 4 members (excludes halogenated alkanes) is 1. The Morgan fingerprint density at radius 1 is 1.03 bits per heavy atom. The fourth-order valence-electron chi connectivity index (χ4n) is 3.94. The molecule has 0 aliphatic carbocycles. The summed E-state index contributed by atoms with van der Waals surface area (Å²) in [5.41, 5.74) is 1.30. The number of fused-ring (bicyclic) bond motifs is 1. The normalized spacial score (nSPS) is 16.9. The van der Waals surface area contributed by atoms with Gasteiger partial charge in [-0.25, -0.2) is 9.59 Å². The Labute approximate surface area is 219 Å². The predicted octanol–water partition coefficient (Wildman–Crippen LogP) is 5.48. The molecule has 7 nitrogen and oxygen atoms in total. The van der Waals surface area contributed by atoms with Crippen LogP contribution < -0.4 is 9.64 Å². The van der Waals surface area contributed by atoms with E-state index in [0.717, 1.165) is 41.9 Å². The van der Waals surface area contributed by atoms with Gasteiger partial charge in [0.25, 0.3) is 0 Å². The smallest absolute Gasteiger partial charge is 0.346 e. The highest BCUT2D eigenvalue weighted by Crippen LogP contribution is 2.56. The Bertz CT molecular complexity index is 1110. The molecular weight excluding hydrogens is 506 g/mol. The maximum atomic E-state index is 13.4. The summed E-state index contributed by atoms with van der Waals surface area (Å²) in [6, 6.07) is 5.56. The van der Waals surface area contributed by atoms with Crippen LogP contribution in [0.25, 0.3) is 5.57 Å². The van der Waals surface area contributed by atoms with Gasteiger partial charge in [-0.1, -0.05) is 49.1 Å². The van der Waals surface area contributed by atoms with Gasteiger partial charge in [-0.15, -0.1) is 0 Å². The predicted molar refractivity (Wildman–Crippen MR) is 144 cm³/mol. The summed E-state index contributed by atoms with van der Waals surface area (Å²) >= 11 is 8.24. The zero-order valence-corrected chi connectivity index (χ0v) is 23.1. The van der Waals surface area contributed by atoms with Gasteiger partial charge in [0.1, 0.15) is 15.6 Å². The first-order chi connectivity index (χ1) is 16.6. The topological polar surface area (TPSA) is 82.1 Å². The number of rotatable bonds is 7. The third kappa shape index (κ3) is 5.15. The van der Waals surface area contributed by atoms with Gasteiger partial charge in [-0.05, 0) is 45.4 Å². The molecule has 0 spiro atoms. The minimum absolute atomic E-state index is 0.0102. The average Bonchev–Trinajstić information content (AvgIpc) is 3.27. The molecule has 2 aliphatic rings. The number of thioether (sulfide) groups is 2. The molecule has 1 aromatic rings. The van der Waals surface area contributed by atoms with E-state index in [9.17, 15) is 14.4 Å². The second-order valence-electron chi connectivity index (χ2n) is 8.34. The monoisotopic (exact) mass is 535 g/mol. The first-order valence-electron chi connectivity index (χ1n) is 11.3. The minimum atomic E-state index is -0.816. The molecule has 188 valence electrons. The van der Waals surface area contributed by atoms with Crippen LogP contribution >= 0.6 is 35.7 Å². The molecule has 0 N–H and O–H groups in total. The number of nitrogens with zero attached hydrogens (tertiary/aromatic N) is 1. The largest absolute Gasteiger partial charge is 0.494 e. The second kappa shape index (κ2) is 11.2. The minimum Gasteiger partial charge on any atom is -0.494 e. The van der Waals surface area contributed by atoms with Gasteiger partial charge < -0.3 is 19.1 Å². The number of carbonyl (C=O) groups is 3. The van der Waals surface area contributed by atoms with Crippen LogP contribution in [0.4, 0.5) is 5.69 Å². The molecule has 0 unspecified atom stereocenters. The van der Waals surface area contributed by atoms with Gasteiger partial charge >= 0.3 is 11.9 Å². The van der Waals surface area contributed by atoms with Crippen LogP contribution in [-0.2, 0) is 23.9 Å². The van der Waals surface area contributed by atoms with E-state index in [-0.39, 0.29) is 15.7 Å². The number of esters is 2. The van der Waals surface area contributed by atoms with Crippen molar-refractivity contribution in [2.75, 3.05) is 25.7 Å². The molecular formula is C25H29NO6S3. The van der Waals surface area contributed by atoms with Crippen molar-refractivity contribution in [3.63, 3.8) is 0 Å². The molecule has 2 aliphatic heterocycles. The Hall–Kier alpha value is -2.30. The molecule has 0 radical (unpaired) electrons. The van der Waals surface area contributed by atoms with Crippen molar-refractivity contribution < 1.29 is 28.6 Å². The van der Waals surface area contributed by atoms with Crippen molar-refractivity contribution in [2.24, 2.45) is 0 Å². The molecule has 1 aromatic carbocycles. The van der Waals surface area contributed by atoms with Gasteiger partial charge in [0.05, 0.1) is 41.2 Å². The van der Waals surface area contributed by atoms with E-state index in [1.54, 1.807) is 4.90 Å². The Morgan fingerprint density at radius 2 is 1.63 bits per heavy atom. The molecule has 35 heavy (non-hydrogen) atoms. The Kier molecular flexibility index (Phi) is 8.72. The number of hydrogen-bond donors (Lipinski definition) is 0. The highest BCUT2D eigenvalue weighted by Gasteiger charge is 2.46. The van der Waals surface area contributed by atoms with Gasteiger partial charge in [-0.2, -0.15) is 0 Å². The van der Waals surface area contributed by atoms with Crippen LogP contribution in [0.2, 0.25) is 0 Å². The molecule has 3 rings (SSSR count). The SMILES string of the molecule is CCCCC(=O)N1c2ccc(OCC)cc2C(=C2SC(C(=O)OC)=C(C(=O)OC)S2)C(=S)C1(C)C. The first kappa shape index (κ1) is 27.3. The standard InChI is InChI=1S/C25H29NO6S3/c1-7-9-10-17(27)26-16-12-11-14(32-8-2)13-15(16)18(21(33)25(26,3)4)24-34-19(22(28)30-5)20(35-24)23(29)31-6/h11-13H,7-10H2,1-6H3. The van der Waals surface area contributed by atoms with Gasteiger partial charge in [0, 0.05) is 17.6 Å². The van der Waals surface area contributed by atoms with E-state index in [0.29, 0.717) is 39.1 Å². The lowest BCUT2D eigenvalue weighted by Gasteiger charge is -2.45. The zero-order chi connectivity index (χ0) is 25.9. The van der Waals surface area contributed by atoms with Crippen LogP contribution in [0.5, 0.6) is 5.75 Å². The number of hydrogen-bond acceptors (Lipinski definition) is 9. The van der Waals surface area contributed by atoms with Crippen molar-refractivity contribution >= 4 is 69.7 Å². The second-order valence-corrected chi connectivity index (χ2v) is 11.0. The van der Waals surface area contributed by atoms with Gasteiger partial charge in [0.2, 0.25) is 5.91 Å². The van der Waals surface area contributed by atoms with E-state index in [2.05, 4.69) is 0 Å². The number of benzene rings is 1. The van der Waals surface area contributed by atoms with Gasteiger partial charge in [0.15, 0.2) is 0 Å². The summed E-state index contributed by atoms with van der Waals surface area (Å²) in [5.74, 6) is -0.627. The lowest BCUT2D eigenvalue weighted by atomic mass is 9.83. The van der Waals surface area contributed by atoms with E-state index < -0.39 is 17.5 Å². The molecule has 1 amide bonds. The number of ether oxygens (including phenoxy) is 3. The lowest BCUT2D eigenvalue weighted by Crippen LogP contribution is -2.55. The van der Waals surface area contributed by atoms with Crippen LogP contribution in [0.15, 0.2) is 32.2 Å². The molecule has 0 fully saturated rings. The Balaban J connectivity index is 2.24. The Morgan fingerprint density at radius 3 is 2.14 bits per heavy atom. The fraction of sp³-hybridized carbons (Fsp3) is 0.440. The number of carbonyl (C=O) groups excluding carboxylic acids is 3. The van der Waals surface area contributed by atoms with E-state index in [4.69, 9.17) is 26.4 Å². The van der Waals surface area contributed by atoms with Gasteiger partial charge in [-0.3, -0.25) is 4.79 Å². The summed E-state index contributed by atoms with van der Waals surface area (Å²) in [6.45, 7) is 8.25. The summed E-state index contributed by atoms with van der Waals surface area (Å²) in [7, 11) is 2.52. The van der Waals surface area contributed by atoms with E-state index >= 15 is 0 Å². The molecule has 0 bridgehead atoms. The number of amides is 1. The number of methoxy groups -OCH3 is 2. The molecule has 0 saturated heterocycles. The van der Waals surface area contributed by atoms with Crippen molar-refractivity contribution in [2.45, 2.75) is 52.5 Å². The molecule has 0 aromatic heterocycles. The third-order valence-corrected chi connectivity index (χ3v) is 8.93. The summed E-state index contributed by atoms with van der Waals surface area (Å²) < 4.78 is 16.2. The average molecular weight is 536 g/mol. The molecule has 10 heteroatoms. The van der Waals surface area contributed by atoms with Crippen LogP contribution in [0, 0.1) is 0 Å². The first-order valence-corrected chi connectivity index (χ1v) is 13.3. The highest BCUT2D eigenvalue weighted by molar-refractivity contribution is 8.29. The summed E-state index contributed by atoms with van der Waals surface area (Å²) in [4.78, 5) is 40.9. The number of anilines is 1. The maximum Gasteiger partial charge on any atom is 0.346 e. The fourth-order valence-corrected chi connectivity index (χ4v) is 6.97. The van der Waals surface area contributed by atoms with Crippen molar-refractivity contribution in [3.05, 3.63) is 37.8 Å². The van der Waals surface area contributed by atoms with Crippen LogP contribution in [-0.4, -0.2) is 49.1 Å². The summed E-state index contributed by atoms with van der Waals surface area (Å²) in [5, 5.41) is 0. The van der Waals surface area contributed by atoms with Crippen LogP contribution in [0.3, 0.4) is 0 Å². The maximum absolute atomic E-state index is 13.4. The highest BCUT2D eigenvalue weighted by atomic mass is 32.2. The van der Waals surface area contributed by atoms with E-state index in [1.165, 1.54) is 14.2 Å². The molecule has 0 saturated carbocycles.